The van der Waals surface area contributed by atoms with Gasteiger partial charge in [0.1, 0.15) is 0 Å². The zero-order chi connectivity index (χ0) is 12.8. The van der Waals surface area contributed by atoms with Crippen LogP contribution in [0.25, 0.3) is 0 Å². The van der Waals surface area contributed by atoms with Crippen molar-refractivity contribution in [1.82, 2.24) is 10.2 Å². The Kier molecular flexibility index (Phi) is 5.41. The van der Waals surface area contributed by atoms with Crippen LogP contribution < -0.4 is 11.1 Å². The molecular formula is C12H23N3O2. The number of nitrogens with two attached hydrogens (primary N) is 1. The van der Waals surface area contributed by atoms with Gasteiger partial charge in [-0.25, -0.2) is 0 Å². The molecule has 98 valence electrons. The van der Waals surface area contributed by atoms with Crippen molar-refractivity contribution in [2.75, 3.05) is 19.6 Å². The van der Waals surface area contributed by atoms with Crippen LogP contribution in [0.3, 0.4) is 0 Å². The van der Waals surface area contributed by atoms with Crippen molar-refractivity contribution in [2.24, 2.45) is 11.7 Å². The molecule has 5 heteroatoms. The Morgan fingerprint density at radius 3 is 2.65 bits per heavy atom. The SMILES string of the molecule is CC(C)CC(=O)N(CC(N)=O)C1CCCNC1. The molecule has 0 aliphatic carbocycles. The van der Waals surface area contributed by atoms with Crippen LogP contribution >= 0.6 is 0 Å². The molecule has 1 aliphatic heterocycles. The fraction of sp³-hybridized carbons (Fsp3) is 0.833. The maximum atomic E-state index is 12.1. The Bertz CT molecular complexity index is 273. The van der Waals surface area contributed by atoms with Gasteiger partial charge in [0.15, 0.2) is 0 Å². The van der Waals surface area contributed by atoms with E-state index in [0.717, 1.165) is 25.9 Å². The molecule has 0 saturated carbocycles. The summed E-state index contributed by atoms with van der Waals surface area (Å²) in [7, 11) is 0. The van der Waals surface area contributed by atoms with Crippen LogP contribution in [0.2, 0.25) is 0 Å². The molecule has 3 N–H and O–H groups in total. The summed E-state index contributed by atoms with van der Waals surface area (Å²) in [5.74, 6) is -0.102. The quantitative estimate of drug-likeness (QED) is 0.716. The highest BCUT2D eigenvalue weighted by Gasteiger charge is 2.26. The molecule has 1 unspecified atom stereocenters. The Labute approximate surface area is 103 Å². The van der Waals surface area contributed by atoms with E-state index in [9.17, 15) is 9.59 Å². The molecule has 1 heterocycles. The van der Waals surface area contributed by atoms with E-state index in [-0.39, 0.29) is 18.5 Å². The Hall–Kier alpha value is -1.10. The van der Waals surface area contributed by atoms with Crippen LogP contribution in [-0.4, -0.2) is 42.4 Å². The molecule has 0 aromatic carbocycles. The van der Waals surface area contributed by atoms with Gasteiger partial charge >= 0.3 is 0 Å². The zero-order valence-electron chi connectivity index (χ0n) is 10.7. The predicted octanol–water partition coefficient (Wildman–Crippen LogP) is 0.0984. The second-order valence-electron chi connectivity index (χ2n) is 5.09. The van der Waals surface area contributed by atoms with Crippen molar-refractivity contribution in [3.8, 4) is 0 Å². The van der Waals surface area contributed by atoms with Gasteiger partial charge in [-0.15, -0.1) is 0 Å². The highest BCUT2D eigenvalue weighted by atomic mass is 16.2. The van der Waals surface area contributed by atoms with Gasteiger partial charge in [-0.3, -0.25) is 9.59 Å². The van der Waals surface area contributed by atoms with E-state index in [1.54, 1.807) is 4.90 Å². The lowest BCUT2D eigenvalue weighted by Gasteiger charge is -2.34. The van der Waals surface area contributed by atoms with Crippen LogP contribution in [0.4, 0.5) is 0 Å². The summed E-state index contributed by atoms with van der Waals surface area (Å²) in [6, 6.07) is 0.113. The highest BCUT2D eigenvalue weighted by molar-refractivity contribution is 5.84. The zero-order valence-corrected chi connectivity index (χ0v) is 10.7. The molecule has 0 aromatic heterocycles. The lowest BCUT2D eigenvalue weighted by Crippen LogP contribution is -2.51. The maximum Gasteiger partial charge on any atom is 0.237 e. The van der Waals surface area contributed by atoms with Gasteiger partial charge in [0.05, 0.1) is 6.54 Å². The number of hydrogen-bond acceptors (Lipinski definition) is 3. The number of amides is 2. The van der Waals surface area contributed by atoms with Crippen molar-refractivity contribution >= 4 is 11.8 Å². The van der Waals surface area contributed by atoms with Gasteiger partial charge in [-0.05, 0) is 25.3 Å². The smallest absolute Gasteiger partial charge is 0.237 e. The van der Waals surface area contributed by atoms with Gasteiger partial charge in [0, 0.05) is 19.0 Å². The second kappa shape index (κ2) is 6.59. The van der Waals surface area contributed by atoms with E-state index in [1.165, 1.54) is 0 Å². The third-order valence-corrected chi connectivity index (χ3v) is 2.94. The van der Waals surface area contributed by atoms with Crippen LogP contribution in [0.15, 0.2) is 0 Å². The molecule has 2 amide bonds. The first kappa shape index (κ1) is 14.0. The molecule has 5 nitrogen and oxygen atoms in total. The van der Waals surface area contributed by atoms with Crippen molar-refractivity contribution in [3.63, 3.8) is 0 Å². The average molecular weight is 241 g/mol. The number of piperidine rings is 1. The summed E-state index contributed by atoms with van der Waals surface area (Å²) in [6.07, 6.45) is 2.46. The van der Waals surface area contributed by atoms with Gasteiger partial charge in [0.2, 0.25) is 11.8 Å². The molecule has 1 rings (SSSR count). The van der Waals surface area contributed by atoms with E-state index >= 15 is 0 Å². The first-order valence-corrected chi connectivity index (χ1v) is 6.29. The van der Waals surface area contributed by atoms with Gasteiger partial charge in [-0.2, -0.15) is 0 Å². The average Bonchev–Trinajstić information content (AvgIpc) is 2.25. The molecule has 1 aliphatic rings. The topological polar surface area (TPSA) is 75.4 Å². The molecular weight excluding hydrogens is 218 g/mol. The number of carbonyl (C=O) groups excluding carboxylic acids is 2. The third-order valence-electron chi connectivity index (χ3n) is 2.94. The first-order valence-electron chi connectivity index (χ1n) is 6.29. The molecule has 0 spiro atoms. The molecule has 1 fully saturated rings. The van der Waals surface area contributed by atoms with E-state index in [4.69, 9.17) is 5.73 Å². The minimum Gasteiger partial charge on any atom is -0.368 e. The lowest BCUT2D eigenvalue weighted by atomic mass is 10.0. The first-order chi connectivity index (χ1) is 8.00. The normalized spacial score (nSPS) is 20.3. The molecule has 1 saturated heterocycles. The monoisotopic (exact) mass is 241 g/mol. The number of primary amides is 1. The fourth-order valence-electron chi connectivity index (χ4n) is 2.15. The minimum atomic E-state index is -0.437. The van der Waals surface area contributed by atoms with E-state index < -0.39 is 5.91 Å². The maximum absolute atomic E-state index is 12.1. The minimum absolute atomic E-state index is 0.0347. The molecule has 0 bridgehead atoms. The standard InChI is InChI=1S/C12H23N3O2/c1-9(2)6-12(17)15(8-11(13)16)10-4-3-5-14-7-10/h9-10,14H,3-8H2,1-2H3,(H2,13,16). The molecule has 17 heavy (non-hydrogen) atoms. The van der Waals surface area contributed by atoms with Crippen molar-refractivity contribution in [2.45, 2.75) is 39.2 Å². The summed E-state index contributed by atoms with van der Waals surface area (Å²) in [6.45, 7) is 5.78. The number of rotatable bonds is 5. The summed E-state index contributed by atoms with van der Waals surface area (Å²) >= 11 is 0. The molecule has 1 atom stereocenters. The summed E-state index contributed by atoms with van der Waals surface area (Å²) < 4.78 is 0. The number of nitrogens with one attached hydrogen (secondary N) is 1. The van der Waals surface area contributed by atoms with Crippen LogP contribution in [0, 0.1) is 5.92 Å². The predicted molar refractivity (Wildman–Crippen MR) is 66.3 cm³/mol. The summed E-state index contributed by atoms with van der Waals surface area (Å²) in [5.41, 5.74) is 5.22. The van der Waals surface area contributed by atoms with E-state index in [1.807, 2.05) is 13.8 Å². The third kappa shape index (κ3) is 4.73. The second-order valence-corrected chi connectivity index (χ2v) is 5.09. The Morgan fingerprint density at radius 2 is 2.18 bits per heavy atom. The number of hydrogen-bond donors (Lipinski definition) is 2. The van der Waals surface area contributed by atoms with Gasteiger partial charge < -0.3 is 16.0 Å². The van der Waals surface area contributed by atoms with Crippen molar-refractivity contribution in [3.05, 3.63) is 0 Å². The summed E-state index contributed by atoms with van der Waals surface area (Å²) in [4.78, 5) is 24.8. The van der Waals surface area contributed by atoms with Crippen LogP contribution in [0.5, 0.6) is 0 Å². The van der Waals surface area contributed by atoms with Crippen molar-refractivity contribution in [1.29, 1.82) is 0 Å². The van der Waals surface area contributed by atoms with E-state index in [2.05, 4.69) is 5.32 Å². The van der Waals surface area contributed by atoms with Gasteiger partial charge in [0.25, 0.3) is 0 Å². The molecule has 0 aromatic rings. The highest BCUT2D eigenvalue weighted by Crippen LogP contribution is 2.13. The van der Waals surface area contributed by atoms with E-state index in [0.29, 0.717) is 12.3 Å². The van der Waals surface area contributed by atoms with Crippen molar-refractivity contribution < 1.29 is 9.59 Å². The number of carbonyl (C=O) groups is 2. The Balaban J connectivity index is 2.64. The summed E-state index contributed by atoms with van der Waals surface area (Å²) in [5, 5.41) is 3.25. The van der Waals surface area contributed by atoms with Gasteiger partial charge in [-0.1, -0.05) is 13.8 Å². The Morgan fingerprint density at radius 1 is 1.47 bits per heavy atom. The largest absolute Gasteiger partial charge is 0.368 e. The van der Waals surface area contributed by atoms with Crippen LogP contribution in [-0.2, 0) is 9.59 Å². The van der Waals surface area contributed by atoms with Crippen LogP contribution in [0.1, 0.15) is 33.1 Å². The molecule has 0 radical (unpaired) electrons. The number of nitrogens with zero attached hydrogens (tertiary/aromatic N) is 1. The fourth-order valence-corrected chi connectivity index (χ4v) is 2.15. The lowest BCUT2D eigenvalue weighted by molar-refractivity contribution is -0.138.